The molecule has 5 heteroatoms. The minimum Gasteiger partial charge on any atom is -0.479 e. The lowest BCUT2D eigenvalue weighted by molar-refractivity contribution is -0.154. The number of carboxylic acids is 1. The van der Waals surface area contributed by atoms with Gasteiger partial charge in [-0.15, -0.1) is 0 Å². The Morgan fingerprint density at radius 1 is 1.12 bits per heavy atom. The molecule has 2 rings (SSSR count). The van der Waals surface area contributed by atoms with Gasteiger partial charge in [0.2, 0.25) is 11.8 Å². The highest BCUT2D eigenvalue weighted by atomic mass is 16.4. The van der Waals surface area contributed by atoms with Crippen molar-refractivity contribution in [3.8, 4) is 0 Å². The number of carbonyl (C=O) groups excluding carboxylic acids is 2. The molecule has 1 aliphatic rings. The summed E-state index contributed by atoms with van der Waals surface area (Å²) in [5.74, 6) is -2.04. The molecular formula is C12H11NO4. The number of imide groups is 1. The number of aliphatic carboxylic acids is 1. The quantitative estimate of drug-likeness (QED) is 0.789. The Hall–Kier alpha value is -2.17. The molecule has 88 valence electrons. The van der Waals surface area contributed by atoms with E-state index in [1.807, 2.05) is 0 Å². The zero-order chi connectivity index (χ0) is 12.4. The minimum atomic E-state index is -1.21. The molecule has 1 aromatic rings. The van der Waals surface area contributed by atoms with E-state index in [2.05, 4.69) is 0 Å². The number of hydrogen-bond acceptors (Lipinski definition) is 3. The van der Waals surface area contributed by atoms with E-state index in [0.29, 0.717) is 5.56 Å². The van der Waals surface area contributed by atoms with E-state index in [9.17, 15) is 19.5 Å². The Kier molecular flexibility index (Phi) is 2.91. The van der Waals surface area contributed by atoms with Crippen LogP contribution in [0.25, 0.3) is 0 Å². The highest BCUT2D eigenvalue weighted by molar-refractivity contribution is 6.05. The lowest BCUT2D eigenvalue weighted by Crippen LogP contribution is -2.37. The highest BCUT2D eigenvalue weighted by Crippen LogP contribution is 2.26. The smallest absolute Gasteiger partial charge is 0.331 e. The second-order valence-corrected chi connectivity index (χ2v) is 3.81. The molecule has 0 spiro atoms. The molecule has 0 aliphatic carbocycles. The molecule has 0 bridgehead atoms. The maximum Gasteiger partial charge on any atom is 0.331 e. The van der Waals surface area contributed by atoms with Crippen molar-refractivity contribution >= 4 is 17.8 Å². The second-order valence-electron chi connectivity index (χ2n) is 3.81. The molecule has 2 amide bonds. The number of hydrogen-bond donors (Lipinski definition) is 1. The van der Waals surface area contributed by atoms with Crippen molar-refractivity contribution in [3.05, 3.63) is 35.9 Å². The van der Waals surface area contributed by atoms with Gasteiger partial charge >= 0.3 is 5.97 Å². The van der Waals surface area contributed by atoms with Gasteiger partial charge in [-0.1, -0.05) is 30.3 Å². The van der Waals surface area contributed by atoms with Gasteiger partial charge in [-0.05, 0) is 5.56 Å². The SMILES string of the molecule is O=C(O)C(c1ccccc1)N1C(=O)CCC1=O. The van der Waals surface area contributed by atoms with Gasteiger partial charge in [-0.25, -0.2) is 4.79 Å². The summed E-state index contributed by atoms with van der Waals surface area (Å²) >= 11 is 0. The second kappa shape index (κ2) is 4.37. The summed E-state index contributed by atoms with van der Waals surface area (Å²) in [5, 5.41) is 9.18. The minimum absolute atomic E-state index is 0.0927. The van der Waals surface area contributed by atoms with Gasteiger partial charge in [0.05, 0.1) is 0 Å². The number of likely N-dealkylation sites (tertiary alicyclic amines) is 1. The Labute approximate surface area is 97.7 Å². The van der Waals surface area contributed by atoms with Crippen LogP contribution in [0.4, 0.5) is 0 Å². The fourth-order valence-corrected chi connectivity index (χ4v) is 1.92. The summed E-state index contributed by atoms with van der Waals surface area (Å²) in [6.07, 6.45) is 0.185. The standard InChI is InChI=1S/C12H11NO4/c14-9-6-7-10(15)13(9)11(12(16)17)8-4-2-1-3-5-8/h1-5,11H,6-7H2,(H,16,17). The van der Waals surface area contributed by atoms with E-state index in [-0.39, 0.29) is 12.8 Å². The number of benzene rings is 1. The molecule has 0 radical (unpaired) electrons. The van der Waals surface area contributed by atoms with E-state index < -0.39 is 23.8 Å². The van der Waals surface area contributed by atoms with Crippen molar-refractivity contribution < 1.29 is 19.5 Å². The molecule has 0 saturated carbocycles. The van der Waals surface area contributed by atoms with Crippen LogP contribution in [0.1, 0.15) is 24.4 Å². The predicted molar refractivity (Wildman–Crippen MR) is 57.9 cm³/mol. The third-order valence-corrected chi connectivity index (χ3v) is 2.70. The summed E-state index contributed by atoms with van der Waals surface area (Å²) in [6.45, 7) is 0. The topological polar surface area (TPSA) is 74.7 Å². The van der Waals surface area contributed by atoms with E-state index in [1.54, 1.807) is 30.3 Å². The predicted octanol–water partition coefficient (Wildman–Crippen LogP) is 0.961. The number of rotatable bonds is 3. The average Bonchev–Trinajstić information content (AvgIpc) is 2.62. The lowest BCUT2D eigenvalue weighted by Gasteiger charge is -2.22. The van der Waals surface area contributed by atoms with E-state index >= 15 is 0 Å². The van der Waals surface area contributed by atoms with Crippen molar-refractivity contribution in [1.29, 1.82) is 0 Å². The van der Waals surface area contributed by atoms with Gasteiger partial charge in [0.25, 0.3) is 0 Å². The Morgan fingerprint density at radius 3 is 2.12 bits per heavy atom. The van der Waals surface area contributed by atoms with E-state index in [1.165, 1.54) is 0 Å². The number of nitrogens with zero attached hydrogens (tertiary/aromatic N) is 1. The number of amides is 2. The fourth-order valence-electron chi connectivity index (χ4n) is 1.92. The van der Waals surface area contributed by atoms with Crippen LogP contribution in [-0.4, -0.2) is 27.8 Å². The first-order valence-corrected chi connectivity index (χ1v) is 5.24. The number of carbonyl (C=O) groups is 3. The summed E-state index contributed by atoms with van der Waals surface area (Å²) in [4.78, 5) is 35.2. The van der Waals surface area contributed by atoms with Gasteiger partial charge in [-0.3, -0.25) is 14.5 Å². The Balaban J connectivity index is 2.40. The molecule has 5 nitrogen and oxygen atoms in total. The van der Waals surface area contributed by atoms with Crippen LogP contribution >= 0.6 is 0 Å². The summed E-state index contributed by atoms with van der Waals surface area (Å²) in [7, 11) is 0. The average molecular weight is 233 g/mol. The lowest BCUT2D eigenvalue weighted by atomic mass is 10.1. The van der Waals surface area contributed by atoms with Crippen LogP contribution in [0, 0.1) is 0 Å². The molecule has 17 heavy (non-hydrogen) atoms. The molecule has 1 atom stereocenters. The zero-order valence-corrected chi connectivity index (χ0v) is 9.00. The van der Waals surface area contributed by atoms with E-state index in [0.717, 1.165) is 4.90 Å². The molecule has 0 aromatic heterocycles. The van der Waals surface area contributed by atoms with Crippen LogP contribution < -0.4 is 0 Å². The van der Waals surface area contributed by atoms with Crippen LogP contribution in [0.2, 0.25) is 0 Å². The van der Waals surface area contributed by atoms with Crippen molar-refractivity contribution in [3.63, 3.8) is 0 Å². The van der Waals surface area contributed by atoms with Gasteiger partial charge in [0.15, 0.2) is 6.04 Å². The van der Waals surface area contributed by atoms with Gasteiger partial charge in [0.1, 0.15) is 0 Å². The third-order valence-electron chi connectivity index (χ3n) is 2.70. The van der Waals surface area contributed by atoms with Crippen molar-refractivity contribution in [1.82, 2.24) is 4.90 Å². The molecule has 1 aliphatic heterocycles. The van der Waals surface area contributed by atoms with Crippen molar-refractivity contribution in [2.45, 2.75) is 18.9 Å². The molecular weight excluding hydrogens is 222 g/mol. The maximum absolute atomic E-state index is 11.5. The summed E-state index contributed by atoms with van der Waals surface area (Å²) < 4.78 is 0. The summed E-state index contributed by atoms with van der Waals surface area (Å²) in [5.41, 5.74) is 0.434. The van der Waals surface area contributed by atoms with Gasteiger partial charge in [-0.2, -0.15) is 0 Å². The molecule has 1 saturated heterocycles. The van der Waals surface area contributed by atoms with Crippen LogP contribution in [0.15, 0.2) is 30.3 Å². The molecule has 1 N–H and O–H groups in total. The Morgan fingerprint density at radius 2 is 1.65 bits per heavy atom. The van der Waals surface area contributed by atoms with Crippen LogP contribution in [-0.2, 0) is 14.4 Å². The number of carboxylic acid groups (broad SMARTS) is 1. The van der Waals surface area contributed by atoms with Gasteiger partial charge in [0, 0.05) is 12.8 Å². The monoisotopic (exact) mass is 233 g/mol. The summed E-state index contributed by atoms with van der Waals surface area (Å²) in [6, 6.07) is 7.08. The van der Waals surface area contributed by atoms with E-state index in [4.69, 9.17) is 0 Å². The van der Waals surface area contributed by atoms with Crippen LogP contribution in [0.5, 0.6) is 0 Å². The molecule has 1 aromatic carbocycles. The Bertz CT molecular complexity index is 453. The zero-order valence-electron chi connectivity index (χ0n) is 9.00. The molecule has 1 heterocycles. The maximum atomic E-state index is 11.5. The van der Waals surface area contributed by atoms with Crippen LogP contribution in [0.3, 0.4) is 0 Å². The first-order chi connectivity index (χ1) is 8.11. The first kappa shape index (κ1) is 11.3. The fraction of sp³-hybridized carbons (Fsp3) is 0.250. The highest BCUT2D eigenvalue weighted by Gasteiger charge is 2.39. The molecule has 1 fully saturated rings. The molecule has 1 unspecified atom stereocenters. The van der Waals surface area contributed by atoms with Gasteiger partial charge < -0.3 is 5.11 Å². The normalized spacial score (nSPS) is 17.3. The van der Waals surface area contributed by atoms with Crippen molar-refractivity contribution in [2.24, 2.45) is 0 Å². The first-order valence-electron chi connectivity index (χ1n) is 5.24. The largest absolute Gasteiger partial charge is 0.479 e. The third kappa shape index (κ3) is 2.04. The van der Waals surface area contributed by atoms with Crippen molar-refractivity contribution in [2.75, 3.05) is 0 Å².